The highest BCUT2D eigenvalue weighted by atomic mass is 19.1. The van der Waals surface area contributed by atoms with E-state index >= 15 is 0 Å². The summed E-state index contributed by atoms with van der Waals surface area (Å²) >= 11 is 0. The highest BCUT2D eigenvalue weighted by Crippen LogP contribution is 2.26. The van der Waals surface area contributed by atoms with Gasteiger partial charge in [0.25, 0.3) is 0 Å². The summed E-state index contributed by atoms with van der Waals surface area (Å²) in [6.45, 7) is 1.56. The Morgan fingerprint density at radius 2 is 1.91 bits per heavy atom. The van der Waals surface area contributed by atoms with Gasteiger partial charge in [-0.2, -0.15) is 0 Å². The summed E-state index contributed by atoms with van der Waals surface area (Å²) in [5.41, 5.74) is 0.0485. The van der Waals surface area contributed by atoms with Gasteiger partial charge in [0.15, 0.2) is 0 Å². The van der Waals surface area contributed by atoms with Crippen LogP contribution in [0.4, 0.5) is 14.5 Å². The molecule has 2 N–H and O–H groups in total. The van der Waals surface area contributed by atoms with E-state index in [1.54, 1.807) is 11.0 Å². The van der Waals surface area contributed by atoms with Crippen molar-refractivity contribution >= 4 is 5.69 Å². The average Bonchev–Trinajstić information content (AvgIpc) is 3.14. The molecular formula is C16H18F2N2O2. The molecule has 1 fully saturated rings. The van der Waals surface area contributed by atoms with Crippen LogP contribution in [0.1, 0.15) is 17.9 Å². The number of hydrogen-bond acceptors (Lipinski definition) is 4. The third-order valence-electron chi connectivity index (χ3n) is 3.88. The van der Waals surface area contributed by atoms with Crippen molar-refractivity contribution < 1.29 is 18.3 Å². The SMILES string of the molecule is OCc1ccc(CN[C@H]2CCN(c3c(F)cccc3F)C2)o1. The maximum atomic E-state index is 13.8. The van der Waals surface area contributed by atoms with Crippen LogP contribution in [-0.2, 0) is 13.2 Å². The van der Waals surface area contributed by atoms with E-state index in [2.05, 4.69) is 5.32 Å². The molecule has 1 aromatic carbocycles. The molecule has 6 heteroatoms. The number of halogens is 2. The van der Waals surface area contributed by atoms with Gasteiger partial charge in [-0.3, -0.25) is 0 Å². The Balaban J connectivity index is 1.58. The number of para-hydroxylation sites is 1. The molecule has 1 aliphatic rings. The van der Waals surface area contributed by atoms with Gasteiger partial charge in [0.05, 0.1) is 6.54 Å². The molecular weight excluding hydrogens is 290 g/mol. The van der Waals surface area contributed by atoms with Crippen LogP contribution in [0.2, 0.25) is 0 Å². The minimum absolute atomic E-state index is 0.0485. The summed E-state index contributed by atoms with van der Waals surface area (Å²) in [4.78, 5) is 1.73. The quantitative estimate of drug-likeness (QED) is 0.890. The number of nitrogens with zero attached hydrogens (tertiary/aromatic N) is 1. The normalized spacial score (nSPS) is 18.1. The Bertz CT molecular complexity index is 625. The average molecular weight is 308 g/mol. The Morgan fingerprint density at radius 1 is 1.18 bits per heavy atom. The second-order valence-corrected chi connectivity index (χ2v) is 5.41. The molecule has 1 aromatic heterocycles. The highest BCUT2D eigenvalue weighted by molar-refractivity contribution is 5.50. The molecule has 0 unspecified atom stereocenters. The van der Waals surface area contributed by atoms with E-state index < -0.39 is 11.6 Å². The smallest absolute Gasteiger partial charge is 0.149 e. The van der Waals surface area contributed by atoms with Crippen molar-refractivity contribution in [3.63, 3.8) is 0 Å². The number of hydrogen-bond donors (Lipinski definition) is 2. The van der Waals surface area contributed by atoms with E-state index in [4.69, 9.17) is 9.52 Å². The van der Waals surface area contributed by atoms with E-state index in [9.17, 15) is 8.78 Å². The summed E-state index contributed by atoms with van der Waals surface area (Å²) < 4.78 is 33.0. The molecule has 1 atom stereocenters. The first-order valence-corrected chi connectivity index (χ1v) is 7.28. The van der Waals surface area contributed by atoms with E-state index in [1.165, 1.54) is 18.2 Å². The fourth-order valence-electron chi connectivity index (χ4n) is 2.77. The number of aliphatic hydroxyl groups is 1. The largest absolute Gasteiger partial charge is 0.462 e. The number of rotatable bonds is 5. The fraction of sp³-hybridized carbons (Fsp3) is 0.375. The van der Waals surface area contributed by atoms with Crippen LogP contribution in [0.25, 0.3) is 0 Å². The third kappa shape index (κ3) is 3.13. The number of benzene rings is 1. The molecule has 0 aliphatic carbocycles. The van der Waals surface area contributed by atoms with Crippen molar-refractivity contribution in [2.75, 3.05) is 18.0 Å². The Kier molecular flexibility index (Phi) is 4.40. The standard InChI is InChI=1S/C16H18F2N2O2/c17-14-2-1-3-15(18)16(14)20-7-6-11(9-20)19-8-12-4-5-13(10-21)22-12/h1-5,11,19,21H,6-10H2/t11-/m0/s1. The zero-order valence-electron chi connectivity index (χ0n) is 12.1. The van der Waals surface area contributed by atoms with Crippen LogP contribution >= 0.6 is 0 Å². The summed E-state index contributed by atoms with van der Waals surface area (Å²) in [6, 6.07) is 7.60. The zero-order valence-corrected chi connectivity index (χ0v) is 12.1. The summed E-state index contributed by atoms with van der Waals surface area (Å²) in [6.07, 6.45) is 0.807. The predicted octanol–water partition coefficient (Wildman–Crippen LogP) is 2.42. The van der Waals surface area contributed by atoms with E-state index in [0.717, 1.165) is 12.2 Å². The van der Waals surface area contributed by atoms with Crippen molar-refractivity contribution in [2.45, 2.75) is 25.6 Å². The van der Waals surface area contributed by atoms with Crippen LogP contribution in [-0.4, -0.2) is 24.2 Å². The van der Waals surface area contributed by atoms with Crippen LogP contribution in [0, 0.1) is 11.6 Å². The first kappa shape index (κ1) is 15.0. The van der Waals surface area contributed by atoms with Crippen molar-refractivity contribution in [3.8, 4) is 0 Å². The molecule has 0 bridgehead atoms. The molecule has 4 nitrogen and oxygen atoms in total. The monoisotopic (exact) mass is 308 g/mol. The molecule has 2 heterocycles. The summed E-state index contributed by atoms with van der Waals surface area (Å²) in [5, 5.41) is 12.3. The van der Waals surface area contributed by atoms with Gasteiger partial charge >= 0.3 is 0 Å². The lowest BCUT2D eigenvalue weighted by atomic mass is 10.2. The van der Waals surface area contributed by atoms with Gasteiger partial charge in [-0.15, -0.1) is 0 Å². The minimum Gasteiger partial charge on any atom is -0.462 e. The van der Waals surface area contributed by atoms with Crippen molar-refractivity contribution in [3.05, 3.63) is 53.5 Å². The van der Waals surface area contributed by atoms with Gasteiger partial charge in [0.2, 0.25) is 0 Å². The van der Waals surface area contributed by atoms with Crippen molar-refractivity contribution in [1.29, 1.82) is 0 Å². The first-order chi connectivity index (χ1) is 10.7. The molecule has 1 saturated heterocycles. The van der Waals surface area contributed by atoms with Gasteiger partial charge in [-0.1, -0.05) is 6.07 Å². The fourth-order valence-corrected chi connectivity index (χ4v) is 2.77. The summed E-state index contributed by atoms with van der Waals surface area (Å²) in [7, 11) is 0. The molecule has 3 rings (SSSR count). The van der Waals surface area contributed by atoms with Crippen molar-refractivity contribution in [2.24, 2.45) is 0 Å². The van der Waals surface area contributed by atoms with Crippen molar-refractivity contribution in [1.82, 2.24) is 5.32 Å². The molecule has 22 heavy (non-hydrogen) atoms. The van der Waals surface area contributed by atoms with Crippen LogP contribution in [0.15, 0.2) is 34.7 Å². The molecule has 1 aliphatic heterocycles. The number of aliphatic hydroxyl groups excluding tert-OH is 1. The van der Waals surface area contributed by atoms with Gasteiger partial charge in [-0.05, 0) is 30.7 Å². The number of furan rings is 1. The molecule has 2 aromatic rings. The molecule has 118 valence electrons. The molecule has 0 radical (unpaired) electrons. The zero-order chi connectivity index (χ0) is 15.5. The minimum atomic E-state index is -0.528. The Labute approximate surface area is 127 Å². The van der Waals surface area contributed by atoms with E-state index in [1.807, 2.05) is 6.07 Å². The lowest BCUT2D eigenvalue weighted by molar-refractivity contribution is 0.242. The van der Waals surface area contributed by atoms with Gasteiger partial charge in [-0.25, -0.2) is 8.78 Å². The van der Waals surface area contributed by atoms with Gasteiger partial charge in [0, 0.05) is 19.1 Å². The topological polar surface area (TPSA) is 48.6 Å². The second kappa shape index (κ2) is 6.46. The predicted molar refractivity (Wildman–Crippen MR) is 78.4 cm³/mol. The van der Waals surface area contributed by atoms with Gasteiger partial charge in [0.1, 0.15) is 35.4 Å². The van der Waals surface area contributed by atoms with Crippen LogP contribution in [0.5, 0.6) is 0 Å². The van der Waals surface area contributed by atoms with E-state index in [0.29, 0.717) is 25.4 Å². The molecule has 0 amide bonds. The number of anilines is 1. The molecule has 0 saturated carbocycles. The maximum Gasteiger partial charge on any atom is 0.149 e. The van der Waals surface area contributed by atoms with Crippen LogP contribution in [0.3, 0.4) is 0 Å². The second-order valence-electron chi connectivity index (χ2n) is 5.41. The Hall–Kier alpha value is -1.92. The highest BCUT2D eigenvalue weighted by Gasteiger charge is 2.26. The van der Waals surface area contributed by atoms with E-state index in [-0.39, 0.29) is 18.3 Å². The Morgan fingerprint density at radius 3 is 2.59 bits per heavy atom. The van der Waals surface area contributed by atoms with Gasteiger partial charge < -0.3 is 19.7 Å². The molecule has 0 spiro atoms. The third-order valence-corrected chi connectivity index (χ3v) is 3.88. The summed E-state index contributed by atoms with van der Waals surface area (Å²) in [5.74, 6) is 0.205. The van der Waals surface area contributed by atoms with Crippen LogP contribution < -0.4 is 10.2 Å². The first-order valence-electron chi connectivity index (χ1n) is 7.28. The lowest BCUT2D eigenvalue weighted by Crippen LogP contribution is -2.32. The maximum absolute atomic E-state index is 13.8. The number of nitrogens with one attached hydrogen (secondary N) is 1. The lowest BCUT2D eigenvalue weighted by Gasteiger charge is -2.20.